The molecule has 1 unspecified atom stereocenters. The van der Waals surface area contributed by atoms with Crippen molar-refractivity contribution in [3.05, 3.63) is 0 Å². The minimum atomic E-state index is -2.04. The van der Waals surface area contributed by atoms with Crippen LogP contribution in [0.2, 0.25) is 13.1 Å². The fraction of sp³-hybridized carbons (Fsp3) is 0.875. The third-order valence-electron chi connectivity index (χ3n) is 2.75. The summed E-state index contributed by atoms with van der Waals surface area (Å²) in [7, 11) is -2.04. The van der Waals surface area contributed by atoms with E-state index in [1.54, 1.807) is 0 Å². The van der Waals surface area contributed by atoms with Gasteiger partial charge in [-0.25, -0.2) is 0 Å². The lowest BCUT2D eigenvalue weighted by Gasteiger charge is -2.27. The minimum Gasteiger partial charge on any atom is -0.394 e. The van der Waals surface area contributed by atoms with Gasteiger partial charge in [-0.05, 0) is 31.9 Å². The van der Waals surface area contributed by atoms with Gasteiger partial charge in [-0.1, -0.05) is 46.5 Å². The Morgan fingerprint density at radius 2 is 1.79 bits per heavy atom. The van der Waals surface area contributed by atoms with E-state index in [0.29, 0.717) is 5.92 Å². The molecule has 0 radical (unpaired) electrons. The zero-order chi connectivity index (χ0) is 14.7. The number of hydrogen-bond donors (Lipinski definition) is 0. The second-order valence-corrected chi connectivity index (χ2v) is 9.19. The van der Waals surface area contributed by atoms with Crippen LogP contribution in [0.25, 0.3) is 0 Å². The molecular weight excluding hydrogens is 252 g/mol. The number of hydrogen-bond acceptors (Lipinski definition) is 2. The van der Waals surface area contributed by atoms with Crippen molar-refractivity contribution in [2.24, 2.45) is 5.92 Å². The lowest BCUT2D eigenvalue weighted by Crippen LogP contribution is -2.39. The van der Waals surface area contributed by atoms with E-state index >= 15 is 0 Å². The average molecular weight is 285 g/mol. The van der Waals surface area contributed by atoms with Crippen molar-refractivity contribution in [1.82, 2.24) is 0 Å². The van der Waals surface area contributed by atoms with Crippen molar-refractivity contribution >= 4 is 8.56 Å². The first-order valence-electron chi connectivity index (χ1n) is 7.71. The maximum Gasteiger partial charge on any atom is 0.332 e. The molecule has 0 aromatic carbocycles. The van der Waals surface area contributed by atoms with Crippen LogP contribution in [0.1, 0.15) is 59.8 Å². The molecule has 0 bridgehead atoms. The summed E-state index contributed by atoms with van der Waals surface area (Å²) in [5.41, 5.74) is 0. The standard InChI is InChI=1S/C16H32O2Si/c1-7-9-11-13-17-19(5,6)18-16(12-10-8-2)14-15(3)4/h15-16H,7-9,11,13-14H2,1-6H3. The summed E-state index contributed by atoms with van der Waals surface area (Å²) in [6.07, 6.45) is 5.50. The predicted octanol–water partition coefficient (Wildman–Crippen LogP) is 4.74. The lowest BCUT2D eigenvalue weighted by molar-refractivity contribution is 0.136. The number of unbranched alkanes of at least 4 members (excludes halogenated alkanes) is 2. The fourth-order valence-electron chi connectivity index (χ4n) is 1.83. The third kappa shape index (κ3) is 11.2. The summed E-state index contributed by atoms with van der Waals surface area (Å²) < 4.78 is 12.1. The van der Waals surface area contributed by atoms with Gasteiger partial charge in [0.25, 0.3) is 0 Å². The van der Waals surface area contributed by atoms with E-state index in [2.05, 4.69) is 52.6 Å². The van der Waals surface area contributed by atoms with Gasteiger partial charge in [0, 0.05) is 13.0 Å². The number of rotatable bonds is 9. The SMILES string of the molecule is CCC#CC(CC(C)C)O[Si](C)(C)OCCCCC. The molecule has 0 fully saturated rings. The Balaban J connectivity index is 4.28. The molecule has 0 aromatic heterocycles. The quantitative estimate of drug-likeness (QED) is 0.346. The Morgan fingerprint density at radius 1 is 1.11 bits per heavy atom. The Kier molecular flexibility index (Phi) is 10.3. The maximum absolute atomic E-state index is 6.17. The minimum absolute atomic E-state index is 0.0350. The highest BCUT2D eigenvalue weighted by Crippen LogP contribution is 2.16. The van der Waals surface area contributed by atoms with Gasteiger partial charge in [-0.15, -0.1) is 5.92 Å². The highest BCUT2D eigenvalue weighted by atomic mass is 28.4. The first-order valence-corrected chi connectivity index (χ1v) is 10.5. The molecule has 0 aliphatic rings. The normalized spacial score (nSPS) is 13.2. The fourth-order valence-corrected chi connectivity index (χ4v) is 3.37. The summed E-state index contributed by atoms with van der Waals surface area (Å²) in [5, 5.41) is 0. The summed E-state index contributed by atoms with van der Waals surface area (Å²) in [6.45, 7) is 13.8. The molecular formula is C16H32O2Si. The molecule has 0 saturated heterocycles. The van der Waals surface area contributed by atoms with Crippen LogP contribution in [0, 0.1) is 17.8 Å². The molecule has 0 N–H and O–H groups in total. The van der Waals surface area contributed by atoms with Crippen LogP contribution >= 0.6 is 0 Å². The van der Waals surface area contributed by atoms with Gasteiger partial charge >= 0.3 is 8.56 Å². The van der Waals surface area contributed by atoms with E-state index in [9.17, 15) is 0 Å². The second kappa shape index (κ2) is 10.5. The molecule has 1 atom stereocenters. The first-order chi connectivity index (χ1) is 8.91. The molecule has 3 heteroatoms. The average Bonchev–Trinajstić information content (AvgIpc) is 2.30. The van der Waals surface area contributed by atoms with E-state index in [-0.39, 0.29) is 6.10 Å². The summed E-state index contributed by atoms with van der Waals surface area (Å²) in [6, 6.07) is 0. The maximum atomic E-state index is 6.17. The Labute approximate surface area is 121 Å². The summed E-state index contributed by atoms with van der Waals surface area (Å²) in [4.78, 5) is 0. The van der Waals surface area contributed by atoms with Crippen LogP contribution in [-0.2, 0) is 8.85 Å². The van der Waals surface area contributed by atoms with Crippen molar-refractivity contribution in [3.63, 3.8) is 0 Å². The Morgan fingerprint density at radius 3 is 2.32 bits per heavy atom. The van der Waals surface area contributed by atoms with Crippen LogP contribution < -0.4 is 0 Å². The first kappa shape index (κ1) is 18.7. The van der Waals surface area contributed by atoms with Gasteiger partial charge < -0.3 is 8.85 Å². The van der Waals surface area contributed by atoms with Gasteiger partial charge in [-0.3, -0.25) is 0 Å². The van der Waals surface area contributed by atoms with Gasteiger partial charge in [0.15, 0.2) is 0 Å². The van der Waals surface area contributed by atoms with Gasteiger partial charge in [0.2, 0.25) is 0 Å². The molecule has 19 heavy (non-hydrogen) atoms. The van der Waals surface area contributed by atoms with Crippen molar-refractivity contribution in [3.8, 4) is 11.8 Å². The zero-order valence-electron chi connectivity index (χ0n) is 13.7. The van der Waals surface area contributed by atoms with Crippen LogP contribution in [0.3, 0.4) is 0 Å². The van der Waals surface area contributed by atoms with Crippen LogP contribution in [0.5, 0.6) is 0 Å². The molecule has 0 aromatic rings. The second-order valence-electron chi connectivity index (χ2n) is 5.87. The monoisotopic (exact) mass is 284 g/mol. The van der Waals surface area contributed by atoms with Gasteiger partial charge in [0.05, 0.1) is 0 Å². The van der Waals surface area contributed by atoms with E-state index < -0.39 is 8.56 Å². The molecule has 0 saturated carbocycles. The molecule has 0 spiro atoms. The van der Waals surface area contributed by atoms with Crippen LogP contribution in [0.4, 0.5) is 0 Å². The van der Waals surface area contributed by atoms with Gasteiger partial charge in [-0.2, -0.15) is 0 Å². The van der Waals surface area contributed by atoms with Crippen molar-refractivity contribution in [1.29, 1.82) is 0 Å². The summed E-state index contributed by atoms with van der Waals surface area (Å²) in [5.74, 6) is 6.98. The zero-order valence-corrected chi connectivity index (χ0v) is 14.7. The lowest BCUT2D eigenvalue weighted by atomic mass is 10.1. The van der Waals surface area contributed by atoms with Crippen molar-refractivity contribution < 1.29 is 8.85 Å². The highest BCUT2D eigenvalue weighted by Gasteiger charge is 2.28. The molecule has 0 aliphatic carbocycles. The van der Waals surface area contributed by atoms with Crippen molar-refractivity contribution in [2.45, 2.75) is 79.0 Å². The van der Waals surface area contributed by atoms with E-state index in [4.69, 9.17) is 8.85 Å². The molecule has 0 heterocycles. The van der Waals surface area contributed by atoms with Crippen LogP contribution in [-0.4, -0.2) is 21.3 Å². The molecule has 112 valence electrons. The van der Waals surface area contributed by atoms with E-state index in [0.717, 1.165) is 25.9 Å². The Bertz CT molecular complexity index is 276. The smallest absolute Gasteiger partial charge is 0.332 e. The highest BCUT2D eigenvalue weighted by molar-refractivity contribution is 6.64. The van der Waals surface area contributed by atoms with Crippen molar-refractivity contribution in [2.75, 3.05) is 6.61 Å². The molecule has 0 aliphatic heterocycles. The molecule has 0 rings (SSSR count). The molecule has 0 amide bonds. The topological polar surface area (TPSA) is 18.5 Å². The van der Waals surface area contributed by atoms with Crippen LogP contribution in [0.15, 0.2) is 0 Å². The summed E-state index contributed by atoms with van der Waals surface area (Å²) >= 11 is 0. The van der Waals surface area contributed by atoms with E-state index in [1.165, 1.54) is 12.8 Å². The van der Waals surface area contributed by atoms with Gasteiger partial charge in [0.1, 0.15) is 6.10 Å². The third-order valence-corrected chi connectivity index (χ3v) is 4.50. The van der Waals surface area contributed by atoms with E-state index in [1.807, 2.05) is 0 Å². The largest absolute Gasteiger partial charge is 0.394 e. The predicted molar refractivity (Wildman–Crippen MR) is 85.4 cm³/mol. The Hall–Kier alpha value is -0.303. The molecule has 2 nitrogen and oxygen atoms in total.